The van der Waals surface area contributed by atoms with Crippen LogP contribution in [0, 0.1) is 0 Å². The van der Waals surface area contributed by atoms with Gasteiger partial charge in [-0.3, -0.25) is 14.5 Å². The van der Waals surface area contributed by atoms with E-state index in [4.69, 9.17) is 5.11 Å². The lowest BCUT2D eigenvalue weighted by atomic mass is 10.1. The third kappa shape index (κ3) is 6.89. The molecule has 1 N–H and O–H groups in total. The van der Waals surface area contributed by atoms with E-state index < -0.39 is 5.97 Å². The molecule has 1 amide bonds. The van der Waals surface area contributed by atoms with Gasteiger partial charge in [0.2, 0.25) is 5.91 Å². The van der Waals surface area contributed by atoms with E-state index in [1.54, 1.807) is 0 Å². The smallest absolute Gasteiger partial charge is 0.317 e. The van der Waals surface area contributed by atoms with Gasteiger partial charge in [-0.15, -0.1) is 0 Å². The van der Waals surface area contributed by atoms with Gasteiger partial charge in [0.15, 0.2) is 0 Å². The third-order valence-corrected chi connectivity index (χ3v) is 3.83. The zero-order valence-corrected chi connectivity index (χ0v) is 12.6. The van der Waals surface area contributed by atoms with Gasteiger partial charge in [0.1, 0.15) is 0 Å². The summed E-state index contributed by atoms with van der Waals surface area (Å²) < 4.78 is 0. The van der Waals surface area contributed by atoms with E-state index >= 15 is 0 Å². The Kier molecular flexibility index (Phi) is 8.26. The van der Waals surface area contributed by atoms with E-state index in [0.717, 1.165) is 12.8 Å². The van der Waals surface area contributed by atoms with E-state index in [1.807, 2.05) is 9.80 Å². The lowest BCUT2D eigenvalue weighted by Crippen LogP contribution is -2.49. The zero-order valence-electron chi connectivity index (χ0n) is 12.6. The lowest BCUT2D eigenvalue weighted by Gasteiger charge is -2.33. The van der Waals surface area contributed by atoms with E-state index in [1.165, 1.54) is 25.7 Å². The number of piperazine rings is 1. The zero-order chi connectivity index (χ0) is 14.8. The van der Waals surface area contributed by atoms with Crippen LogP contribution in [0.5, 0.6) is 0 Å². The molecule has 5 heteroatoms. The molecule has 116 valence electrons. The average Bonchev–Trinajstić information content (AvgIpc) is 2.42. The predicted octanol–water partition coefficient (Wildman–Crippen LogP) is 1.97. The summed E-state index contributed by atoms with van der Waals surface area (Å²) in [7, 11) is 0. The fourth-order valence-corrected chi connectivity index (χ4v) is 2.56. The Bertz CT molecular complexity index is 299. The Morgan fingerprint density at radius 3 is 2.15 bits per heavy atom. The lowest BCUT2D eigenvalue weighted by molar-refractivity contribution is -0.139. The molecule has 0 radical (unpaired) electrons. The quantitative estimate of drug-likeness (QED) is 0.658. The molecule has 1 fully saturated rings. The van der Waals surface area contributed by atoms with Gasteiger partial charge in [-0.05, 0) is 6.42 Å². The van der Waals surface area contributed by atoms with E-state index in [9.17, 15) is 9.59 Å². The number of unbranched alkanes of at least 4 members (excludes halogenated alkanes) is 5. The van der Waals surface area contributed by atoms with Gasteiger partial charge in [0.25, 0.3) is 0 Å². The molecule has 0 aromatic heterocycles. The molecule has 0 saturated carbocycles. The van der Waals surface area contributed by atoms with Crippen LogP contribution in [0.4, 0.5) is 0 Å². The first-order valence-electron chi connectivity index (χ1n) is 7.85. The molecule has 0 aromatic carbocycles. The summed E-state index contributed by atoms with van der Waals surface area (Å²) in [5, 5.41) is 8.72. The van der Waals surface area contributed by atoms with Gasteiger partial charge < -0.3 is 10.0 Å². The topological polar surface area (TPSA) is 60.9 Å². The van der Waals surface area contributed by atoms with Crippen molar-refractivity contribution in [3.63, 3.8) is 0 Å². The van der Waals surface area contributed by atoms with Crippen LogP contribution in [0.2, 0.25) is 0 Å². The maximum atomic E-state index is 12.0. The third-order valence-electron chi connectivity index (χ3n) is 3.83. The number of rotatable bonds is 9. The standard InChI is InChI=1S/C15H28N2O3/c1-2-3-4-5-6-7-8-14(18)17-11-9-16(10-12-17)13-15(19)20/h2-13H2,1H3,(H,19,20). The molecule has 0 bridgehead atoms. The van der Waals surface area contributed by atoms with E-state index in [-0.39, 0.29) is 12.5 Å². The Morgan fingerprint density at radius 2 is 1.55 bits per heavy atom. The maximum Gasteiger partial charge on any atom is 0.317 e. The molecule has 1 heterocycles. The fourth-order valence-electron chi connectivity index (χ4n) is 2.56. The molecule has 1 aliphatic rings. The number of amides is 1. The molecule has 0 aromatic rings. The normalized spacial score (nSPS) is 16.4. The molecule has 1 rings (SSSR count). The summed E-state index contributed by atoms with van der Waals surface area (Å²) in [4.78, 5) is 26.4. The summed E-state index contributed by atoms with van der Waals surface area (Å²) in [6, 6.07) is 0. The average molecular weight is 284 g/mol. The minimum absolute atomic E-state index is 0.0828. The fraction of sp³-hybridized carbons (Fsp3) is 0.867. The Labute approximate surface area is 121 Å². The highest BCUT2D eigenvalue weighted by Crippen LogP contribution is 2.10. The number of aliphatic carboxylic acids is 1. The first-order chi connectivity index (χ1) is 9.63. The Balaban J connectivity index is 2.08. The molecular formula is C15H28N2O3. The number of carbonyl (C=O) groups is 2. The van der Waals surface area contributed by atoms with Crippen molar-refractivity contribution >= 4 is 11.9 Å². The van der Waals surface area contributed by atoms with E-state index in [0.29, 0.717) is 32.6 Å². The minimum atomic E-state index is -0.795. The first-order valence-corrected chi connectivity index (χ1v) is 7.85. The number of carbonyl (C=O) groups excluding carboxylic acids is 1. The van der Waals surface area contributed by atoms with Crippen LogP contribution in [0.25, 0.3) is 0 Å². The summed E-state index contributed by atoms with van der Waals surface area (Å²) in [6.07, 6.45) is 7.82. The molecule has 0 unspecified atom stereocenters. The van der Waals surface area contributed by atoms with Crippen LogP contribution in [0.1, 0.15) is 51.9 Å². The van der Waals surface area contributed by atoms with Crippen LogP contribution in [-0.4, -0.2) is 59.5 Å². The molecule has 20 heavy (non-hydrogen) atoms. The summed E-state index contributed by atoms with van der Waals surface area (Å²) >= 11 is 0. The second kappa shape index (κ2) is 9.75. The number of carboxylic acids is 1. The highest BCUT2D eigenvalue weighted by Gasteiger charge is 2.21. The number of nitrogens with zero attached hydrogens (tertiary/aromatic N) is 2. The Hall–Kier alpha value is -1.10. The maximum absolute atomic E-state index is 12.0. The van der Waals surface area contributed by atoms with Gasteiger partial charge in [-0.2, -0.15) is 0 Å². The second-order valence-electron chi connectivity index (χ2n) is 5.57. The van der Waals surface area contributed by atoms with Crippen molar-refractivity contribution in [3.05, 3.63) is 0 Å². The molecule has 5 nitrogen and oxygen atoms in total. The summed E-state index contributed by atoms with van der Waals surface area (Å²) in [5.74, 6) is -0.563. The highest BCUT2D eigenvalue weighted by molar-refractivity contribution is 5.76. The number of hydrogen-bond donors (Lipinski definition) is 1. The van der Waals surface area contributed by atoms with Crippen LogP contribution in [0.15, 0.2) is 0 Å². The van der Waals surface area contributed by atoms with Crippen molar-refractivity contribution in [2.24, 2.45) is 0 Å². The minimum Gasteiger partial charge on any atom is -0.480 e. The Morgan fingerprint density at radius 1 is 0.950 bits per heavy atom. The van der Waals surface area contributed by atoms with Crippen molar-refractivity contribution < 1.29 is 14.7 Å². The second-order valence-corrected chi connectivity index (χ2v) is 5.57. The molecule has 0 atom stereocenters. The molecule has 0 spiro atoms. The molecular weight excluding hydrogens is 256 g/mol. The molecule has 1 saturated heterocycles. The number of hydrogen-bond acceptors (Lipinski definition) is 3. The van der Waals surface area contributed by atoms with E-state index in [2.05, 4.69) is 6.92 Å². The SMILES string of the molecule is CCCCCCCCC(=O)N1CCN(CC(=O)O)CC1. The van der Waals surface area contributed by atoms with Gasteiger partial charge in [0, 0.05) is 32.6 Å². The van der Waals surface area contributed by atoms with Crippen molar-refractivity contribution in [2.75, 3.05) is 32.7 Å². The van der Waals surface area contributed by atoms with Gasteiger partial charge in [-0.1, -0.05) is 39.0 Å². The van der Waals surface area contributed by atoms with Crippen LogP contribution in [0.3, 0.4) is 0 Å². The predicted molar refractivity (Wildman–Crippen MR) is 78.6 cm³/mol. The molecule has 1 aliphatic heterocycles. The summed E-state index contributed by atoms with van der Waals surface area (Å²) in [5.41, 5.74) is 0. The van der Waals surface area contributed by atoms with Gasteiger partial charge in [-0.25, -0.2) is 0 Å². The summed E-state index contributed by atoms with van der Waals surface area (Å²) in [6.45, 7) is 4.97. The van der Waals surface area contributed by atoms with Crippen molar-refractivity contribution in [1.29, 1.82) is 0 Å². The number of carboxylic acid groups (broad SMARTS) is 1. The van der Waals surface area contributed by atoms with Crippen LogP contribution >= 0.6 is 0 Å². The monoisotopic (exact) mass is 284 g/mol. The van der Waals surface area contributed by atoms with Crippen molar-refractivity contribution in [2.45, 2.75) is 51.9 Å². The first kappa shape index (κ1) is 17.0. The van der Waals surface area contributed by atoms with Crippen LogP contribution < -0.4 is 0 Å². The van der Waals surface area contributed by atoms with Gasteiger partial charge >= 0.3 is 5.97 Å². The van der Waals surface area contributed by atoms with Crippen molar-refractivity contribution in [3.8, 4) is 0 Å². The van der Waals surface area contributed by atoms with Crippen molar-refractivity contribution in [1.82, 2.24) is 9.80 Å². The van der Waals surface area contributed by atoms with Crippen LogP contribution in [-0.2, 0) is 9.59 Å². The highest BCUT2D eigenvalue weighted by atomic mass is 16.4. The van der Waals surface area contributed by atoms with Gasteiger partial charge in [0.05, 0.1) is 6.54 Å². The molecule has 0 aliphatic carbocycles. The largest absolute Gasteiger partial charge is 0.480 e.